The molecule has 29 heavy (non-hydrogen) atoms. The first-order chi connectivity index (χ1) is 13.9. The van der Waals surface area contributed by atoms with Crippen molar-refractivity contribution in [2.75, 3.05) is 19.1 Å². The Bertz CT molecular complexity index is 833. The molecular formula is C20H22BrCl2NO4S. The third-order valence-electron chi connectivity index (χ3n) is 4.17. The molecule has 2 aromatic rings. The lowest BCUT2D eigenvalue weighted by atomic mass is 10.1. The van der Waals surface area contributed by atoms with Crippen molar-refractivity contribution < 1.29 is 19.4 Å². The quantitative estimate of drug-likeness (QED) is 0.398. The maximum atomic E-state index is 11.4. The second kappa shape index (κ2) is 11.9. The first-order valence-corrected chi connectivity index (χ1v) is 11.7. The van der Waals surface area contributed by atoms with Crippen LogP contribution in [0.5, 0.6) is 11.5 Å². The van der Waals surface area contributed by atoms with Gasteiger partial charge in [0.1, 0.15) is 12.6 Å². The fraction of sp³-hybridized carbons (Fsp3) is 0.350. The van der Waals surface area contributed by atoms with Crippen molar-refractivity contribution in [2.24, 2.45) is 0 Å². The lowest BCUT2D eigenvalue weighted by Gasteiger charge is -2.17. The third-order valence-corrected chi connectivity index (χ3v) is 6.11. The van der Waals surface area contributed by atoms with Gasteiger partial charge in [0, 0.05) is 22.2 Å². The van der Waals surface area contributed by atoms with Crippen LogP contribution in [0, 0.1) is 0 Å². The normalized spacial score (nSPS) is 11.9. The molecule has 0 fully saturated rings. The summed E-state index contributed by atoms with van der Waals surface area (Å²) in [5, 5.41) is 13.5. The molecular weight excluding hydrogens is 501 g/mol. The van der Waals surface area contributed by atoms with Crippen molar-refractivity contribution in [2.45, 2.75) is 25.6 Å². The van der Waals surface area contributed by atoms with Gasteiger partial charge in [-0.15, -0.1) is 0 Å². The molecule has 0 saturated carbocycles. The van der Waals surface area contributed by atoms with Gasteiger partial charge in [-0.25, -0.2) is 0 Å². The molecule has 0 aromatic heterocycles. The summed E-state index contributed by atoms with van der Waals surface area (Å²) in [6.07, 6.45) is 2.50. The van der Waals surface area contributed by atoms with Crippen LogP contribution in [0.3, 0.4) is 0 Å². The lowest BCUT2D eigenvalue weighted by Crippen LogP contribution is -2.36. The van der Waals surface area contributed by atoms with Gasteiger partial charge in [-0.05, 0) is 64.2 Å². The monoisotopic (exact) mass is 521 g/mol. The summed E-state index contributed by atoms with van der Waals surface area (Å²) in [6, 6.07) is 8.36. The van der Waals surface area contributed by atoms with E-state index in [0.29, 0.717) is 44.5 Å². The van der Waals surface area contributed by atoms with Crippen molar-refractivity contribution in [3.8, 4) is 11.5 Å². The molecule has 0 spiro atoms. The number of methoxy groups -OCH3 is 1. The number of rotatable bonds is 11. The molecule has 2 aromatic carbocycles. The van der Waals surface area contributed by atoms with Crippen molar-refractivity contribution >= 4 is 56.9 Å². The van der Waals surface area contributed by atoms with E-state index < -0.39 is 12.0 Å². The Kier molecular flexibility index (Phi) is 9.92. The van der Waals surface area contributed by atoms with E-state index in [2.05, 4.69) is 21.2 Å². The number of halogens is 3. The SMILES string of the molecule is COc1cc(CNC(CCSC)C(=O)O)cc(Br)c1OCc1c(Cl)cccc1Cl. The van der Waals surface area contributed by atoms with Crippen LogP contribution >= 0.6 is 50.9 Å². The van der Waals surface area contributed by atoms with E-state index >= 15 is 0 Å². The lowest BCUT2D eigenvalue weighted by molar-refractivity contribution is -0.139. The number of thioether (sulfide) groups is 1. The second-order valence-corrected chi connectivity index (χ2v) is 8.81. The molecule has 0 amide bonds. The minimum atomic E-state index is -0.860. The molecule has 0 saturated heterocycles. The van der Waals surface area contributed by atoms with Crippen molar-refractivity contribution in [1.82, 2.24) is 5.32 Å². The largest absolute Gasteiger partial charge is 0.493 e. The Morgan fingerprint density at radius 3 is 2.59 bits per heavy atom. The zero-order valence-electron chi connectivity index (χ0n) is 16.0. The number of hydrogen-bond acceptors (Lipinski definition) is 5. The molecule has 0 bridgehead atoms. The summed E-state index contributed by atoms with van der Waals surface area (Å²) in [5.74, 6) is 0.954. The van der Waals surface area contributed by atoms with Crippen molar-refractivity contribution in [3.63, 3.8) is 0 Å². The highest BCUT2D eigenvalue weighted by Crippen LogP contribution is 2.38. The van der Waals surface area contributed by atoms with Crippen LogP contribution in [-0.2, 0) is 17.9 Å². The summed E-state index contributed by atoms with van der Waals surface area (Å²) in [7, 11) is 1.55. The van der Waals surface area contributed by atoms with E-state index in [1.807, 2.05) is 18.4 Å². The number of aliphatic carboxylic acids is 1. The van der Waals surface area contributed by atoms with E-state index in [9.17, 15) is 9.90 Å². The standard InChI is InChI=1S/C20H22BrCl2NO4S/c1-27-18-9-12(10-24-17(20(25)26)6-7-29-2)8-14(21)19(18)28-11-13-15(22)4-3-5-16(13)23/h3-5,8-9,17,24H,6-7,10-11H2,1-2H3,(H,25,26). The Morgan fingerprint density at radius 2 is 2.00 bits per heavy atom. The Morgan fingerprint density at radius 1 is 1.31 bits per heavy atom. The number of hydrogen-bond donors (Lipinski definition) is 2. The van der Waals surface area contributed by atoms with E-state index in [1.165, 1.54) is 0 Å². The average molecular weight is 523 g/mol. The number of ether oxygens (including phenoxy) is 2. The van der Waals surface area contributed by atoms with Gasteiger partial charge in [0.2, 0.25) is 0 Å². The van der Waals surface area contributed by atoms with Gasteiger partial charge in [-0.1, -0.05) is 29.3 Å². The molecule has 0 aliphatic carbocycles. The predicted molar refractivity (Wildman–Crippen MR) is 123 cm³/mol. The number of nitrogens with one attached hydrogen (secondary N) is 1. The number of benzene rings is 2. The van der Waals surface area contributed by atoms with Crippen LogP contribution in [0.4, 0.5) is 0 Å². The second-order valence-electron chi connectivity index (χ2n) is 6.15. The smallest absolute Gasteiger partial charge is 0.320 e. The summed E-state index contributed by atoms with van der Waals surface area (Å²) < 4.78 is 12.1. The molecule has 0 aliphatic rings. The highest BCUT2D eigenvalue weighted by atomic mass is 79.9. The van der Waals surface area contributed by atoms with Gasteiger partial charge in [0.25, 0.3) is 0 Å². The number of carbonyl (C=O) groups is 1. The Balaban J connectivity index is 2.13. The maximum absolute atomic E-state index is 11.4. The van der Waals surface area contributed by atoms with E-state index in [-0.39, 0.29) is 6.61 Å². The highest BCUT2D eigenvalue weighted by Gasteiger charge is 2.18. The summed E-state index contributed by atoms with van der Waals surface area (Å²) >= 11 is 17.5. The van der Waals surface area contributed by atoms with E-state index in [1.54, 1.807) is 37.1 Å². The maximum Gasteiger partial charge on any atom is 0.320 e. The zero-order valence-corrected chi connectivity index (χ0v) is 19.9. The summed E-state index contributed by atoms with van der Waals surface area (Å²) in [5.41, 5.74) is 1.56. The first-order valence-electron chi connectivity index (χ1n) is 8.74. The Hall–Kier alpha value is -1.12. The summed E-state index contributed by atoms with van der Waals surface area (Å²) in [6.45, 7) is 0.567. The van der Waals surface area contributed by atoms with Crippen LogP contribution < -0.4 is 14.8 Å². The fourth-order valence-electron chi connectivity index (χ4n) is 2.62. The Labute approximate surface area is 193 Å². The van der Waals surface area contributed by atoms with Crippen LogP contribution in [0.15, 0.2) is 34.8 Å². The molecule has 1 unspecified atom stereocenters. The predicted octanol–water partition coefficient (Wildman–Crippen LogP) is 5.64. The van der Waals surface area contributed by atoms with Gasteiger partial charge in [-0.3, -0.25) is 4.79 Å². The molecule has 0 heterocycles. The molecule has 5 nitrogen and oxygen atoms in total. The fourth-order valence-corrected chi connectivity index (χ4v) is 4.20. The molecule has 2 rings (SSSR count). The summed E-state index contributed by atoms with van der Waals surface area (Å²) in [4.78, 5) is 11.4. The minimum absolute atomic E-state index is 0.181. The molecule has 158 valence electrons. The van der Waals surface area contributed by atoms with Gasteiger partial charge >= 0.3 is 5.97 Å². The van der Waals surface area contributed by atoms with Gasteiger partial charge in [0.15, 0.2) is 11.5 Å². The zero-order chi connectivity index (χ0) is 21.4. The minimum Gasteiger partial charge on any atom is -0.493 e. The van der Waals surface area contributed by atoms with Gasteiger partial charge < -0.3 is 19.9 Å². The molecule has 2 N–H and O–H groups in total. The molecule has 1 atom stereocenters. The number of carboxylic acids is 1. The number of carboxylic acid groups (broad SMARTS) is 1. The van der Waals surface area contributed by atoms with E-state index in [4.69, 9.17) is 32.7 Å². The van der Waals surface area contributed by atoms with Crippen LogP contribution in [-0.4, -0.2) is 36.2 Å². The van der Waals surface area contributed by atoms with Gasteiger partial charge in [-0.2, -0.15) is 11.8 Å². The molecule has 9 heteroatoms. The van der Waals surface area contributed by atoms with Crippen LogP contribution in [0.2, 0.25) is 10.0 Å². The third kappa shape index (κ3) is 6.96. The van der Waals surface area contributed by atoms with Crippen molar-refractivity contribution in [3.05, 3.63) is 56.0 Å². The van der Waals surface area contributed by atoms with E-state index in [0.717, 1.165) is 11.3 Å². The average Bonchev–Trinajstić information content (AvgIpc) is 2.68. The molecule has 0 aliphatic heterocycles. The van der Waals surface area contributed by atoms with Crippen LogP contribution in [0.1, 0.15) is 17.5 Å². The van der Waals surface area contributed by atoms with Gasteiger partial charge in [0.05, 0.1) is 11.6 Å². The van der Waals surface area contributed by atoms with Crippen molar-refractivity contribution in [1.29, 1.82) is 0 Å². The highest BCUT2D eigenvalue weighted by molar-refractivity contribution is 9.10. The molecule has 0 radical (unpaired) electrons. The topological polar surface area (TPSA) is 67.8 Å². The van der Waals surface area contributed by atoms with Crippen LogP contribution in [0.25, 0.3) is 0 Å². The first kappa shape index (κ1) is 24.2.